The molecular formula is C16H23NO4. The molecule has 3 N–H and O–H groups in total. The van der Waals surface area contributed by atoms with Gasteiger partial charge in [-0.2, -0.15) is 0 Å². The lowest BCUT2D eigenvalue weighted by molar-refractivity contribution is 0.0690. The molecule has 0 aliphatic heterocycles. The first-order chi connectivity index (χ1) is 9.88. The number of aliphatic hydroxyl groups is 1. The van der Waals surface area contributed by atoms with Gasteiger partial charge in [0.1, 0.15) is 0 Å². The molecule has 21 heavy (non-hydrogen) atoms. The molecule has 1 unspecified atom stereocenters. The molecule has 0 heterocycles. The third-order valence-corrected chi connectivity index (χ3v) is 3.53. The maximum Gasteiger partial charge on any atom is 0.336 e. The SMILES string of the molecule is Cc1ccc(C)c(C(=O)NCCCC(C)CO)c1C(=O)O. The van der Waals surface area contributed by atoms with E-state index < -0.39 is 5.97 Å². The van der Waals surface area contributed by atoms with Crippen molar-refractivity contribution in [1.29, 1.82) is 0 Å². The highest BCUT2D eigenvalue weighted by Gasteiger charge is 2.20. The molecule has 116 valence electrons. The molecule has 5 nitrogen and oxygen atoms in total. The summed E-state index contributed by atoms with van der Waals surface area (Å²) in [6.45, 7) is 5.95. The molecule has 0 fully saturated rings. The molecule has 1 atom stereocenters. The minimum atomic E-state index is -1.09. The van der Waals surface area contributed by atoms with Crippen LogP contribution in [-0.2, 0) is 0 Å². The first kappa shape index (κ1) is 17.2. The topological polar surface area (TPSA) is 86.6 Å². The third kappa shape index (κ3) is 4.56. The monoisotopic (exact) mass is 293 g/mol. The lowest BCUT2D eigenvalue weighted by atomic mass is 9.96. The minimum Gasteiger partial charge on any atom is -0.478 e. The van der Waals surface area contributed by atoms with Gasteiger partial charge < -0.3 is 15.5 Å². The lowest BCUT2D eigenvalue weighted by Crippen LogP contribution is -2.28. The van der Waals surface area contributed by atoms with Gasteiger partial charge in [-0.1, -0.05) is 19.1 Å². The van der Waals surface area contributed by atoms with Gasteiger partial charge in [0.15, 0.2) is 0 Å². The van der Waals surface area contributed by atoms with Crippen molar-refractivity contribution in [3.05, 3.63) is 34.4 Å². The molecule has 1 aromatic carbocycles. The smallest absolute Gasteiger partial charge is 0.336 e. The van der Waals surface area contributed by atoms with Crippen LogP contribution < -0.4 is 5.32 Å². The van der Waals surface area contributed by atoms with Gasteiger partial charge in [0.25, 0.3) is 5.91 Å². The van der Waals surface area contributed by atoms with Crippen molar-refractivity contribution in [2.45, 2.75) is 33.6 Å². The number of hydrogen-bond donors (Lipinski definition) is 3. The van der Waals surface area contributed by atoms with Crippen LogP contribution in [0.4, 0.5) is 0 Å². The number of amides is 1. The molecule has 0 saturated carbocycles. The van der Waals surface area contributed by atoms with Crippen LogP contribution in [-0.4, -0.2) is 35.2 Å². The number of carbonyl (C=O) groups excluding carboxylic acids is 1. The zero-order valence-corrected chi connectivity index (χ0v) is 12.8. The standard InChI is InChI=1S/C16H23NO4/c1-10(9-18)5-4-8-17-15(19)13-11(2)6-7-12(3)14(13)16(20)21/h6-7,10,18H,4-5,8-9H2,1-3H3,(H,17,19)(H,20,21). The number of aryl methyl sites for hydroxylation is 2. The van der Waals surface area contributed by atoms with Gasteiger partial charge in [-0.15, -0.1) is 0 Å². The van der Waals surface area contributed by atoms with E-state index in [0.717, 1.165) is 12.8 Å². The van der Waals surface area contributed by atoms with Crippen molar-refractivity contribution >= 4 is 11.9 Å². The van der Waals surface area contributed by atoms with Crippen molar-refractivity contribution in [3.8, 4) is 0 Å². The van der Waals surface area contributed by atoms with Crippen molar-refractivity contribution < 1.29 is 19.8 Å². The molecule has 1 rings (SSSR count). The average molecular weight is 293 g/mol. The number of nitrogens with one attached hydrogen (secondary N) is 1. The summed E-state index contributed by atoms with van der Waals surface area (Å²) in [4.78, 5) is 23.6. The fourth-order valence-electron chi connectivity index (χ4n) is 2.21. The Balaban J connectivity index is 2.79. The molecule has 0 bridgehead atoms. The maximum absolute atomic E-state index is 12.2. The van der Waals surface area contributed by atoms with Crippen LogP contribution in [0.15, 0.2) is 12.1 Å². The zero-order chi connectivity index (χ0) is 16.0. The van der Waals surface area contributed by atoms with Crippen LogP contribution in [0, 0.1) is 19.8 Å². The Morgan fingerprint density at radius 3 is 2.29 bits per heavy atom. The van der Waals surface area contributed by atoms with E-state index in [4.69, 9.17) is 5.11 Å². The second-order valence-corrected chi connectivity index (χ2v) is 5.44. The number of benzene rings is 1. The van der Waals surface area contributed by atoms with E-state index in [1.807, 2.05) is 6.92 Å². The van der Waals surface area contributed by atoms with E-state index in [1.165, 1.54) is 0 Å². The van der Waals surface area contributed by atoms with E-state index in [1.54, 1.807) is 26.0 Å². The number of hydrogen-bond acceptors (Lipinski definition) is 3. The summed E-state index contributed by atoms with van der Waals surface area (Å²) in [5, 5.41) is 21.0. The van der Waals surface area contributed by atoms with Gasteiger partial charge in [0.05, 0.1) is 11.1 Å². The Morgan fingerprint density at radius 1 is 1.19 bits per heavy atom. The maximum atomic E-state index is 12.2. The molecule has 0 aromatic heterocycles. The molecule has 0 saturated heterocycles. The molecule has 0 spiro atoms. The van der Waals surface area contributed by atoms with Crippen LogP contribution in [0.25, 0.3) is 0 Å². The first-order valence-corrected chi connectivity index (χ1v) is 7.11. The molecule has 0 radical (unpaired) electrons. The lowest BCUT2D eigenvalue weighted by Gasteiger charge is -2.13. The van der Waals surface area contributed by atoms with Gasteiger partial charge in [0.2, 0.25) is 0 Å². The summed E-state index contributed by atoms with van der Waals surface area (Å²) in [6.07, 6.45) is 1.57. The molecule has 0 aliphatic rings. The second-order valence-electron chi connectivity index (χ2n) is 5.44. The normalized spacial score (nSPS) is 12.0. The molecule has 1 aromatic rings. The summed E-state index contributed by atoms with van der Waals surface area (Å²) < 4.78 is 0. The van der Waals surface area contributed by atoms with Crippen molar-refractivity contribution in [1.82, 2.24) is 5.32 Å². The van der Waals surface area contributed by atoms with Crippen LogP contribution in [0.2, 0.25) is 0 Å². The fraction of sp³-hybridized carbons (Fsp3) is 0.500. The molecule has 5 heteroatoms. The Bertz CT molecular complexity index is 525. The Labute approximate surface area is 125 Å². The second kappa shape index (κ2) is 7.78. The van der Waals surface area contributed by atoms with Crippen LogP contribution in [0.5, 0.6) is 0 Å². The van der Waals surface area contributed by atoms with Crippen LogP contribution in [0.3, 0.4) is 0 Å². The zero-order valence-electron chi connectivity index (χ0n) is 12.8. The van der Waals surface area contributed by atoms with Gasteiger partial charge in [-0.05, 0) is 43.7 Å². The predicted octanol–water partition coefficient (Wildman–Crippen LogP) is 2.14. The van der Waals surface area contributed by atoms with E-state index in [0.29, 0.717) is 17.7 Å². The Hall–Kier alpha value is -1.88. The first-order valence-electron chi connectivity index (χ1n) is 7.11. The number of carboxylic acids is 1. The predicted molar refractivity (Wildman–Crippen MR) is 80.7 cm³/mol. The van der Waals surface area contributed by atoms with Gasteiger partial charge in [0, 0.05) is 13.2 Å². The minimum absolute atomic E-state index is 0.0660. The van der Waals surface area contributed by atoms with Crippen molar-refractivity contribution in [3.63, 3.8) is 0 Å². The largest absolute Gasteiger partial charge is 0.478 e. The highest BCUT2D eigenvalue weighted by atomic mass is 16.4. The third-order valence-electron chi connectivity index (χ3n) is 3.53. The number of aliphatic hydroxyl groups excluding tert-OH is 1. The Morgan fingerprint density at radius 2 is 1.76 bits per heavy atom. The van der Waals surface area contributed by atoms with Crippen molar-refractivity contribution in [2.75, 3.05) is 13.2 Å². The van der Waals surface area contributed by atoms with Gasteiger partial charge in [-0.25, -0.2) is 4.79 Å². The van der Waals surface area contributed by atoms with Crippen LogP contribution in [0.1, 0.15) is 51.6 Å². The quantitative estimate of drug-likeness (QED) is 0.672. The summed E-state index contributed by atoms with van der Waals surface area (Å²) in [6, 6.07) is 3.46. The van der Waals surface area contributed by atoms with E-state index >= 15 is 0 Å². The summed E-state index contributed by atoms with van der Waals surface area (Å²) >= 11 is 0. The van der Waals surface area contributed by atoms with Gasteiger partial charge >= 0.3 is 5.97 Å². The number of rotatable bonds is 7. The number of aromatic carboxylic acids is 1. The van der Waals surface area contributed by atoms with E-state index in [2.05, 4.69) is 5.32 Å². The fourth-order valence-corrected chi connectivity index (χ4v) is 2.21. The average Bonchev–Trinajstić information content (AvgIpc) is 2.44. The van der Waals surface area contributed by atoms with Gasteiger partial charge in [-0.3, -0.25) is 4.79 Å². The Kier molecular flexibility index (Phi) is 6.37. The highest BCUT2D eigenvalue weighted by Crippen LogP contribution is 2.19. The summed E-state index contributed by atoms with van der Waals surface area (Å²) in [5.41, 5.74) is 1.53. The number of carboxylic acid groups (broad SMARTS) is 1. The molecule has 1 amide bonds. The highest BCUT2D eigenvalue weighted by molar-refractivity contribution is 6.06. The van der Waals surface area contributed by atoms with E-state index in [9.17, 15) is 14.7 Å². The molecular weight excluding hydrogens is 270 g/mol. The van der Waals surface area contributed by atoms with Crippen LogP contribution >= 0.6 is 0 Å². The van der Waals surface area contributed by atoms with E-state index in [-0.39, 0.29) is 29.6 Å². The van der Waals surface area contributed by atoms with Crippen molar-refractivity contribution in [2.24, 2.45) is 5.92 Å². The summed E-state index contributed by atoms with van der Waals surface area (Å²) in [5.74, 6) is -1.24. The number of carbonyl (C=O) groups is 2. The summed E-state index contributed by atoms with van der Waals surface area (Å²) in [7, 11) is 0. The molecule has 0 aliphatic carbocycles.